The van der Waals surface area contributed by atoms with Crippen LogP contribution < -0.4 is 0 Å². The van der Waals surface area contributed by atoms with Crippen molar-refractivity contribution in [2.45, 2.75) is 65.2 Å². The maximum atomic E-state index is 11.8. The van der Waals surface area contributed by atoms with Crippen LogP contribution in [0.15, 0.2) is 0 Å². The molecule has 0 amide bonds. The van der Waals surface area contributed by atoms with Gasteiger partial charge in [-0.1, -0.05) is 0 Å². The van der Waals surface area contributed by atoms with Crippen molar-refractivity contribution in [3.05, 3.63) is 0 Å². The van der Waals surface area contributed by atoms with Crippen molar-refractivity contribution < 1.29 is 59.2 Å². The van der Waals surface area contributed by atoms with E-state index in [1.807, 2.05) is 0 Å². The molecule has 1 unspecified atom stereocenters. The van der Waals surface area contributed by atoms with E-state index in [0.717, 1.165) is 0 Å². The number of rotatable bonds is 6. The smallest absolute Gasteiger partial charge is 0.305 e. The highest BCUT2D eigenvalue weighted by Crippen LogP contribution is 2.29. The van der Waals surface area contributed by atoms with Gasteiger partial charge in [0.1, 0.15) is 12.7 Å². The first-order valence-corrected chi connectivity index (χ1v) is 7.25. The van der Waals surface area contributed by atoms with Gasteiger partial charge in [-0.3, -0.25) is 24.0 Å². The predicted octanol–water partition coefficient (Wildman–Crippen LogP) is -0.367. The summed E-state index contributed by atoms with van der Waals surface area (Å²) < 4.78 is 65.7. The van der Waals surface area contributed by atoms with Crippen molar-refractivity contribution in [2.24, 2.45) is 0 Å². The Bertz CT molecular complexity index is 691. The summed E-state index contributed by atoms with van der Waals surface area (Å²) in [5.41, 5.74) is 0. The molecule has 0 bridgehead atoms. The minimum Gasteiger partial charge on any atom is -0.463 e. The molecule has 0 aromatic rings. The zero-order valence-corrected chi connectivity index (χ0v) is 14.1. The Kier molecular flexibility index (Phi) is 5.61. The zero-order valence-electron chi connectivity index (χ0n) is 19.1. The molecule has 0 aromatic heterocycles. The van der Waals surface area contributed by atoms with Crippen LogP contribution in [-0.4, -0.2) is 67.2 Å². The van der Waals surface area contributed by atoms with E-state index in [1.165, 1.54) is 0 Å². The van der Waals surface area contributed by atoms with Crippen LogP contribution in [-0.2, 0) is 52.4 Å². The summed E-state index contributed by atoms with van der Waals surface area (Å²) in [5.74, 6) is -5.60. The second-order valence-corrected chi connectivity index (χ2v) is 5.08. The molecule has 11 nitrogen and oxygen atoms in total. The van der Waals surface area contributed by atoms with E-state index in [0.29, 0.717) is 0 Å². The molecule has 0 aromatic carbocycles. The lowest BCUT2D eigenvalue weighted by Gasteiger charge is -2.43. The summed E-state index contributed by atoms with van der Waals surface area (Å²) in [6, 6.07) is 0. The monoisotopic (exact) mass is 395 g/mol. The van der Waals surface area contributed by atoms with Crippen LogP contribution in [0.2, 0.25) is 0 Å². The van der Waals surface area contributed by atoms with Gasteiger partial charge >= 0.3 is 29.8 Å². The quantitative estimate of drug-likeness (QED) is 0.429. The summed E-state index contributed by atoms with van der Waals surface area (Å²) >= 11 is 0. The van der Waals surface area contributed by atoms with E-state index in [-0.39, 0.29) is 0 Å². The summed E-state index contributed by atoms with van der Waals surface area (Å²) in [7, 11) is 0. The van der Waals surface area contributed by atoms with E-state index in [1.54, 1.807) is 0 Å². The largest absolute Gasteiger partial charge is 0.463 e. The van der Waals surface area contributed by atoms with Crippen molar-refractivity contribution in [3.63, 3.8) is 0 Å². The number of esters is 5. The second-order valence-electron chi connectivity index (χ2n) is 5.08. The Labute approximate surface area is 162 Å². The summed E-state index contributed by atoms with van der Waals surface area (Å²) in [4.78, 5) is 58.4. The minimum atomic E-state index is -1.84. The lowest BCUT2D eigenvalue weighted by Crippen LogP contribution is -2.63. The molecule has 0 N–H and O–H groups in total. The number of hydrogen-bond acceptors (Lipinski definition) is 11. The van der Waals surface area contributed by atoms with Gasteiger partial charge in [0.15, 0.2) is 12.2 Å². The normalized spacial score (nSPS) is 29.5. The van der Waals surface area contributed by atoms with Crippen molar-refractivity contribution in [1.82, 2.24) is 0 Å². The Balaban J connectivity index is 3.40. The Morgan fingerprint density at radius 2 is 1.19 bits per heavy atom. The van der Waals surface area contributed by atoms with Crippen LogP contribution in [0.1, 0.15) is 41.4 Å². The minimum absolute atomic E-state index is 0.684. The fourth-order valence-electron chi connectivity index (χ4n) is 2.27. The fourth-order valence-corrected chi connectivity index (χ4v) is 2.27. The third-order valence-electron chi connectivity index (χ3n) is 3.05. The average Bonchev–Trinajstić information content (AvgIpc) is 2.80. The van der Waals surface area contributed by atoms with Gasteiger partial charge in [0.2, 0.25) is 12.4 Å². The average molecular weight is 395 g/mol. The first-order chi connectivity index (χ1) is 15.2. The van der Waals surface area contributed by atoms with Crippen molar-refractivity contribution in [2.75, 3.05) is 6.61 Å². The molecule has 152 valence electrons. The summed E-state index contributed by atoms with van der Waals surface area (Å²) in [6.45, 7) is -4.98. The highest BCUT2D eigenvalue weighted by molar-refractivity contribution is 5.69. The number of carbonyl (C=O) groups is 5. The highest BCUT2D eigenvalue weighted by Gasteiger charge is 2.53. The van der Waals surface area contributed by atoms with Gasteiger partial charge in [0, 0.05) is 41.4 Å². The zero-order chi connectivity index (χ0) is 24.3. The van der Waals surface area contributed by atoms with Gasteiger partial charge in [-0.2, -0.15) is 0 Å². The lowest BCUT2D eigenvalue weighted by atomic mass is 9.98. The van der Waals surface area contributed by atoms with E-state index in [9.17, 15) is 24.0 Å². The van der Waals surface area contributed by atoms with Crippen LogP contribution in [0.25, 0.3) is 0 Å². The molecule has 1 saturated heterocycles. The van der Waals surface area contributed by atoms with Gasteiger partial charge in [0.25, 0.3) is 0 Å². The lowest BCUT2D eigenvalue weighted by molar-refractivity contribution is -0.300. The predicted molar refractivity (Wildman–Crippen MR) is 83.7 cm³/mol. The van der Waals surface area contributed by atoms with Gasteiger partial charge in [0.05, 0.1) is 0 Å². The van der Waals surface area contributed by atoms with Crippen LogP contribution in [0.3, 0.4) is 0 Å². The summed E-state index contributed by atoms with van der Waals surface area (Å²) in [5, 5.41) is 0. The molecule has 1 heterocycles. The van der Waals surface area contributed by atoms with E-state index >= 15 is 0 Å². The fraction of sp³-hybridized carbons (Fsp3) is 0.688. The number of ether oxygens (including phenoxy) is 6. The Hall–Kier alpha value is -2.69. The molecule has 5 atom stereocenters. The summed E-state index contributed by atoms with van der Waals surface area (Å²) in [6.07, 6.45) is -8.52. The van der Waals surface area contributed by atoms with Crippen LogP contribution in [0.4, 0.5) is 0 Å². The molecular weight excluding hydrogens is 368 g/mol. The third-order valence-corrected chi connectivity index (χ3v) is 3.05. The van der Waals surface area contributed by atoms with E-state index in [2.05, 4.69) is 0 Å². The van der Waals surface area contributed by atoms with Crippen molar-refractivity contribution in [3.8, 4) is 0 Å². The van der Waals surface area contributed by atoms with E-state index in [4.69, 9.17) is 35.3 Å². The Morgan fingerprint density at radius 3 is 1.74 bits per heavy atom. The molecule has 0 saturated carbocycles. The SMILES string of the molecule is [2H]CC(=O)OC[C@H]1OC(OC(=O)C[2H])[C@@H](OC(=O)C[2H])[C@@H](OC(=O)C[2H])[C@@H]1OC(=O)C[2H]. The van der Waals surface area contributed by atoms with Gasteiger partial charge < -0.3 is 28.4 Å². The first-order valence-electron chi connectivity index (χ1n) is 10.8. The van der Waals surface area contributed by atoms with Gasteiger partial charge in [-0.15, -0.1) is 0 Å². The molecule has 0 aliphatic carbocycles. The highest BCUT2D eigenvalue weighted by atomic mass is 16.7. The van der Waals surface area contributed by atoms with E-state index < -0.39 is 102 Å². The first kappa shape index (κ1) is 15.4. The second kappa shape index (κ2) is 9.86. The topological polar surface area (TPSA) is 141 Å². The van der Waals surface area contributed by atoms with Gasteiger partial charge in [-0.05, 0) is 0 Å². The molecule has 1 aliphatic heterocycles. The van der Waals surface area contributed by atoms with Crippen LogP contribution in [0, 0.1) is 0 Å². The van der Waals surface area contributed by atoms with Crippen molar-refractivity contribution in [1.29, 1.82) is 0 Å². The standard InChI is InChI=1S/C16H22O11/c1-7(17)22-6-12-13(23-8(2)18)14(24-9(3)19)15(25-10(4)20)16(27-12)26-11(5)21/h12-16H,6H2,1-5H3/t12-,13-,14+,15+,16?/m1/s1/i1D,2D,3D,4D,5D. The maximum absolute atomic E-state index is 11.8. The van der Waals surface area contributed by atoms with Crippen LogP contribution >= 0.6 is 0 Å². The molecule has 0 spiro atoms. The Morgan fingerprint density at radius 1 is 0.704 bits per heavy atom. The molecule has 27 heavy (non-hydrogen) atoms. The molecule has 1 aliphatic rings. The maximum Gasteiger partial charge on any atom is 0.305 e. The van der Waals surface area contributed by atoms with Gasteiger partial charge in [-0.25, -0.2) is 0 Å². The van der Waals surface area contributed by atoms with Crippen molar-refractivity contribution >= 4 is 29.8 Å². The van der Waals surface area contributed by atoms with Crippen LogP contribution in [0.5, 0.6) is 0 Å². The molecule has 1 rings (SSSR count). The molecule has 1 fully saturated rings. The molecule has 0 radical (unpaired) electrons. The third kappa shape index (κ3) is 7.21. The molecular formula is C16H22O11. The molecule has 11 heteroatoms. The number of carbonyl (C=O) groups excluding carboxylic acids is 5. The number of hydrogen-bond donors (Lipinski definition) is 0.